The highest BCUT2D eigenvalue weighted by Gasteiger charge is 2.12. The van der Waals surface area contributed by atoms with Crippen molar-refractivity contribution < 1.29 is 19.0 Å². The van der Waals surface area contributed by atoms with Crippen molar-refractivity contribution in [2.45, 2.75) is 18.6 Å². The van der Waals surface area contributed by atoms with Crippen molar-refractivity contribution in [2.75, 3.05) is 39.2 Å². The summed E-state index contributed by atoms with van der Waals surface area (Å²) in [6.45, 7) is 4.69. The van der Waals surface area contributed by atoms with Crippen molar-refractivity contribution in [3.63, 3.8) is 0 Å². The maximum atomic E-state index is 12.2. The number of hydrogen-bond donors (Lipinski definition) is 1. The molecule has 0 unspecified atom stereocenters. The van der Waals surface area contributed by atoms with Gasteiger partial charge in [0.1, 0.15) is 18.1 Å². The second kappa shape index (κ2) is 11.5. The van der Waals surface area contributed by atoms with Gasteiger partial charge < -0.3 is 24.1 Å². The zero-order valence-electron chi connectivity index (χ0n) is 17.3. The van der Waals surface area contributed by atoms with Gasteiger partial charge in [0.05, 0.1) is 36.5 Å². The fourth-order valence-electron chi connectivity index (χ4n) is 2.90. The molecule has 3 rings (SSSR count). The molecule has 0 bridgehead atoms. The molecule has 30 heavy (non-hydrogen) atoms. The normalized spacial score (nSPS) is 10.9. The number of nitrogens with zero attached hydrogens (tertiary/aromatic N) is 2. The lowest BCUT2D eigenvalue weighted by molar-refractivity contribution is -0.118. The van der Waals surface area contributed by atoms with Gasteiger partial charge in [-0.05, 0) is 43.3 Å². The molecule has 7 nitrogen and oxygen atoms in total. The third kappa shape index (κ3) is 6.14. The monoisotopic (exact) mass is 429 g/mol. The molecule has 0 aliphatic carbocycles. The molecule has 0 saturated carbocycles. The average Bonchev–Trinajstić information content (AvgIpc) is 3.12. The first-order valence-corrected chi connectivity index (χ1v) is 10.9. The van der Waals surface area contributed by atoms with Crippen molar-refractivity contribution in [1.29, 1.82) is 0 Å². The summed E-state index contributed by atoms with van der Waals surface area (Å²) in [6.07, 6.45) is 0. The number of imidazole rings is 1. The van der Waals surface area contributed by atoms with E-state index in [1.54, 1.807) is 7.11 Å². The molecule has 0 saturated heterocycles. The quantitative estimate of drug-likeness (QED) is 0.352. The third-order valence-electron chi connectivity index (χ3n) is 4.30. The zero-order chi connectivity index (χ0) is 21.2. The number of nitrogens with one attached hydrogen (secondary N) is 1. The Balaban J connectivity index is 1.44. The maximum absolute atomic E-state index is 12.2. The highest BCUT2D eigenvalue weighted by molar-refractivity contribution is 7.99. The van der Waals surface area contributed by atoms with E-state index in [1.807, 2.05) is 55.5 Å². The van der Waals surface area contributed by atoms with E-state index in [9.17, 15) is 4.79 Å². The van der Waals surface area contributed by atoms with E-state index < -0.39 is 0 Å². The average molecular weight is 430 g/mol. The maximum Gasteiger partial charge on any atom is 0.230 e. The lowest BCUT2D eigenvalue weighted by Gasteiger charge is -2.10. The third-order valence-corrected chi connectivity index (χ3v) is 5.28. The first-order chi connectivity index (χ1) is 14.7. The summed E-state index contributed by atoms with van der Waals surface area (Å²) in [5.74, 6) is 1.79. The predicted molar refractivity (Wildman–Crippen MR) is 118 cm³/mol. The van der Waals surface area contributed by atoms with Crippen molar-refractivity contribution in [3.05, 3.63) is 48.5 Å². The molecule has 1 aromatic heterocycles. The molecule has 0 aliphatic rings. The van der Waals surface area contributed by atoms with Gasteiger partial charge in [0, 0.05) is 13.7 Å². The van der Waals surface area contributed by atoms with Crippen LogP contribution in [0.1, 0.15) is 6.92 Å². The smallest absolute Gasteiger partial charge is 0.230 e. The van der Waals surface area contributed by atoms with E-state index in [0.29, 0.717) is 38.7 Å². The lowest BCUT2D eigenvalue weighted by atomic mass is 10.3. The molecule has 3 aromatic rings. The molecule has 160 valence electrons. The van der Waals surface area contributed by atoms with Crippen LogP contribution in [0.3, 0.4) is 0 Å². The molecule has 0 atom stereocenters. The number of aromatic nitrogens is 2. The number of amides is 1. The SMILES string of the molecule is CCOc1ccc(OCCNC(=O)CSc2nc3ccccc3n2CCOC)cc1. The summed E-state index contributed by atoms with van der Waals surface area (Å²) in [4.78, 5) is 16.9. The van der Waals surface area contributed by atoms with Crippen LogP contribution >= 0.6 is 11.8 Å². The van der Waals surface area contributed by atoms with Crippen LogP contribution in [0, 0.1) is 0 Å². The second-order valence-electron chi connectivity index (χ2n) is 6.42. The zero-order valence-corrected chi connectivity index (χ0v) is 18.1. The van der Waals surface area contributed by atoms with Crippen LogP contribution in [0.4, 0.5) is 0 Å². The molecule has 1 N–H and O–H groups in total. The number of carbonyl (C=O) groups excluding carboxylic acids is 1. The molecule has 0 radical (unpaired) electrons. The van der Waals surface area contributed by atoms with E-state index in [4.69, 9.17) is 14.2 Å². The summed E-state index contributed by atoms with van der Waals surface area (Å²) < 4.78 is 18.3. The van der Waals surface area contributed by atoms with Gasteiger partial charge in [0.15, 0.2) is 5.16 Å². The van der Waals surface area contributed by atoms with Gasteiger partial charge in [-0.2, -0.15) is 0 Å². The van der Waals surface area contributed by atoms with Gasteiger partial charge in [0.25, 0.3) is 0 Å². The Kier molecular flexibility index (Phi) is 8.41. The highest BCUT2D eigenvalue weighted by Crippen LogP contribution is 2.24. The van der Waals surface area contributed by atoms with Crippen LogP contribution < -0.4 is 14.8 Å². The van der Waals surface area contributed by atoms with Gasteiger partial charge in [-0.15, -0.1) is 0 Å². The topological polar surface area (TPSA) is 74.6 Å². The molecule has 2 aromatic carbocycles. The first kappa shape index (κ1) is 22.0. The summed E-state index contributed by atoms with van der Waals surface area (Å²) in [7, 11) is 1.68. The van der Waals surface area contributed by atoms with Crippen molar-refractivity contribution >= 4 is 28.7 Å². The van der Waals surface area contributed by atoms with E-state index >= 15 is 0 Å². The number of fused-ring (bicyclic) bond motifs is 1. The Labute approximate surface area is 180 Å². The number of ether oxygens (including phenoxy) is 3. The number of hydrogen-bond acceptors (Lipinski definition) is 6. The summed E-state index contributed by atoms with van der Waals surface area (Å²) in [6, 6.07) is 15.4. The van der Waals surface area contributed by atoms with E-state index in [1.165, 1.54) is 11.8 Å². The Morgan fingerprint density at radius 2 is 1.80 bits per heavy atom. The highest BCUT2D eigenvalue weighted by atomic mass is 32.2. The van der Waals surface area contributed by atoms with Crippen LogP contribution in [0.25, 0.3) is 11.0 Å². The van der Waals surface area contributed by atoms with E-state index in [0.717, 1.165) is 27.7 Å². The number of methoxy groups -OCH3 is 1. The van der Waals surface area contributed by atoms with Crippen LogP contribution in [0.15, 0.2) is 53.7 Å². The van der Waals surface area contributed by atoms with Gasteiger partial charge in [-0.25, -0.2) is 4.98 Å². The Hall–Kier alpha value is -2.71. The molecule has 1 amide bonds. The van der Waals surface area contributed by atoms with Crippen LogP contribution in [-0.2, 0) is 16.1 Å². The Morgan fingerprint density at radius 1 is 1.07 bits per heavy atom. The molecule has 0 spiro atoms. The number of para-hydroxylation sites is 2. The fourth-order valence-corrected chi connectivity index (χ4v) is 3.77. The first-order valence-electron chi connectivity index (χ1n) is 9.90. The minimum absolute atomic E-state index is 0.0550. The van der Waals surface area contributed by atoms with Crippen LogP contribution in [0.5, 0.6) is 11.5 Å². The molecular weight excluding hydrogens is 402 g/mol. The van der Waals surface area contributed by atoms with Crippen molar-refractivity contribution in [3.8, 4) is 11.5 Å². The predicted octanol–water partition coefficient (Wildman–Crippen LogP) is 3.37. The second-order valence-corrected chi connectivity index (χ2v) is 7.36. The Bertz CT molecular complexity index is 943. The van der Waals surface area contributed by atoms with E-state index in [2.05, 4.69) is 14.9 Å². The van der Waals surface area contributed by atoms with Gasteiger partial charge in [-0.3, -0.25) is 4.79 Å². The number of carbonyl (C=O) groups is 1. The summed E-state index contributed by atoms with van der Waals surface area (Å²) in [5.41, 5.74) is 1.96. The van der Waals surface area contributed by atoms with Gasteiger partial charge in [0.2, 0.25) is 5.91 Å². The van der Waals surface area contributed by atoms with Gasteiger partial charge in [-0.1, -0.05) is 23.9 Å². The Morgan fingerprint density at radius 3 is 2.53 bits per heavy atom. The molecule has 8 heteroatoms. The number of rotatable bonds is 12. The molecule has 0 fully saturated rings. The molecular formula is C22H27N3O4S. The summed E-state index contributed by atoms with van der Waals surface area (Å²) >= 11 is 1.42. The fraction of sp³-hybridized carbons (Fsp3) is 0.364. The van der Waals surface area contributed by atoms with Crippen LogP contribution in [0.2, 0.25) is 0 Å². The number of thioether (sulfide) groups is 1. The number of benzene rings is 2. The standard InChI is InChI=1S/C22H27N3O4S/c1-3-28-17-8-10-18(11-9-17)29-14-12-23-21(26)16-30-22-24-19-6-4-5-7-20(19)25(22)13-15-27-2/h4-11H,3,12-16H2,1-2H3,(H,23,26). The summed E-state index contributed by atoms with van der Waals surface area (Å²) in [5, 5.41) is 3.69. The minimum atomic E-state index is -0.0550. The minimum Gasteiger partial charge on any atom is -0.494 e. The van der Waals surface area contributed by atoms with E-state index in [-0.39, 0.29) is 5.91 Å². The lowest BCUT2D eigenvalue weighted by Crippen LogP contribution is -2.29. The molecule has 0 aliphatic heterocycles. The van der Waals surface area contributed by atoms with Crippen molar-refractivity contribution in [2.24, 2.45) is 0 Å². The van der Waals surface area contributed by atoms with Crippen molar-refractivity contribution in [1.82, 2.24) is 14.9 Å². The van der Waals surface area contributed by atoms with Gasteiger partial charge >= 0.3 is 0 Å². The van der Waals surface area contributed by atoms with Crippen LogP contribution in [-0.4, -0.2) is 54.7 Å². The largest absolute Gasteiger partial charge is 0.494 e. The molecule has 1 heterocycles.